The van der Waals surface area contributed by atoms with Crippen molar-refractivity contribution < 1.29 is 4.74 Å². The summed E-state index contributed by atoms with van der Waals surface area (Å²) in [5, 5.41) is 6.67. The molecule has 0 spiro atoms. The molecule has 1 fully saturated rings. The van der Waals surface area contributed by atoms with E-state index in [0.717, 1.165) is 18.6 Å². The first kappa shape index (κ1) is 7.76. The molecular weight excluding hydrogens is 154 g/mol. The highest BCUT2D eigenvalue weighted by Gasteiger charge is 2.28. The van der Waals surface area contributed by atoms with E-state index < -0.39 is 0 Å². The van der Waals surface area contributed by atoms with Crippen molar-refractivity contribution in [2.45, 2.75) is 12.5 Å². The second kappa shape index (κ2) is 3.25. The molecule has 4 nitrogen and oxygen atoms in total. The van der Waals surface area contributed by atoms with E-state index in [-0.39, 0.29) is 6.10 Å². The van der Waals surface area contributed by atoms with Crippen molar-refractivity contribution in [1.29, 1.82) is 0 Å². The molecule has 2 atom stereocenters. The molecule has 66 valence electrons. The lowest BCUT2D eigenvalue weighted by molar-refractivity contribution is 0.0925. The number of ether oxygens (including phenoxy) is 1. The van der Waals surface area contributed by atoms with Crippen molar-refractivity contribution in [3.63, 3.8) is 0 Å². The summed E-state index contributed by atoms with van der Waals surface area (Å²) < 4.78 is 5.56. The third-order valence-electron chi connectivity index (χ3n) is 2.36. The van der Waals surface area contributed by atoms with E-state index in [9.17, 15) is 0 Å². The Morgan fingerprint density at radius 1 is 1.75 bits per heavy atom. The van der Waals surface area contributed by atoms with Crippen LogP contribution in [-0.4, -0.2) is 23.3 Å². The van der Waals surface area contributed by atoms with Crippen LogP contribution in [-0.2, 0) is 4.74 Å². The monoisotopic (exact) mass is 167 g/mol. The molecule has 4 heteroatoms. The van der Waals surface area contributed by atoms with E-state index in [4.69, 9.17) is 10.5 Å². The number of aromatic amines is 1. The van der Waals surface area contributed by atoms with Gasteiger partial charge in [0.25, 0.3) is 0 Å². The van der Waals surface area contributed by atoms with Gasteiger partial charge in [0.15, 0.2) is 0 Å². The van der Waals surface area contributed by atoms with Crippen LogP contribution in [0.15, 0.2) is 12.4 Å². The minimum atomic E-state index is 0.161. The van der Waals surface area contributed by atoms with Crippen molar-refractivity contribution in [2.75, 3.05) is 13.2 Å². The molecule has 0 bridgehead atoms. The van der Waals surface area contributed by atoms with Crippen molar-refractivity contribution in [2.24, 2.45) is 11.7 Å². The Morgan fingerprint density at radius 3 is 3.33 bits per heavy atom. The summed E-state index contributed by atoms with van der Waals surface area (Å²) >= 11 is 0. The first-order chi connectivity index (χ1) is 5.92. The summed E-state index contributed by atoms with van der Waals surface area (Å²) in [6.45, 7) is 1.51. The quantitative estimate of drug-likeness (QED) is 0.672. The highest BCUT2D eigenvalue weighted by atomic mass is 16.5. The van der Waals surface area contributed by atoms with Crippen LogP contribution < -0.4 is 5.73 Å². The fraction of sp³-hybridized carbons (Fsp3) is 0.625. The number of H-pyrrole nitrogens is 1. The highest BCUT2D eigenvalue weighted by Crippen LogP contribution is 2.32. The standard InChI is InChI=1S/C8H13N3O/c9-3-6-1-2-12-8(6)7-4-10-11-5-7/h4-6,8H,1-3,9H2,(H,10,11). The third-order valence-corrected chi connectivity index (χ3v) is 2.36. The number of rotatable bonds is 2. The summed E-state index contributed by atoms with van der Waals surface area (Å²) in [5.74, 6) is 0.461. The minimum Gasteiger partial charge on any atom is -0.373 e. The molecular formula is C8H13N3O. The zero-order valence-corrected chi connectivity index (χ0v) is 6.86. The van der Waals surface area contributed by atoms with E-state index in [0.29, 0.717) is 12.5 Å². The van der Waals surface area contributed by atoms with E-state index in [1.54, 1.807) is 6.20 Å². The summed E-state index contributed by atoms with van der Waals surface area (Å²) in [4.78, 5) is 0. The Bertz CT molecular complexity index is 234. The fourth-order valence-electron chi connectivity index (χ4n) is 1.66. The number of nitrogens with zero attached hydrogens (tertiary/aromatic N) is 1. The van der Waals surface area contributed by atoms with Gasteiger partial charge in [-0.05, 0) is 13.0 Å². The molecule has 2 unspecified atom stereocenters. The van der Waals surface area contributed by atoms with Gasteiger partial charge in [0.2, 0.25) is 0 Å². The van der Waals surface area contributed by atoms with Gasteiger partial charge >= 0.3 is 0 Å². The van der Waals surface area contributed by atoms with Gasteiger partial charge in [-0.2, -0.15) is 5.10 Å². The number of nitrogens with one attached hydrogen (secondary N) is 1. The number of aromatic nitrogens is 2. The normalized spacial score (nSPS) is 29.4. The van der Waals surface area contributed by atoms with Crippen LogP contribution in [0.1, 0.15) is 18.1 Å². The third kappa shape index (κ3) is 1.23. The topological polar surface area (TPSA) is 63.9 Å². The van der Waals surface area contributed by atoms with E-state index in [1.807, 2.05) is 6.20 Å². The van der Waals surface area contributed by atoms with Crippen molar-refractivity contribution >= 4 is 0 Å². The molecule has 0 aliphatic carbocycles. The molecule has 2 rings (SSSR count). The largest absolute Gasteiger partial charge is 0.373 e. The highest BCUT2D eigenvalue weighted by molar-refractivity contribution is 5.10. The first-order valence-electron chi connectivity index (χ1n) is 4.22. The Balaban J connectivity index is 2.13. The van der Waals surface area contributed by atoms with Gasteiger partial charge < -0.3 is 10.5 Å². The van der Waals surface area contributed by atoms with Crippen LogP contribution in [0.4, 0.5) is 0 Å². The van der Waals surface area contributed by atoms with E-state index in [2.05, 4.69) is 10.2 Å². The van der Waals surface area contributed by atoms with Gasteiger partial charge in [-0.15, -0.1) is 0 Å². The summed E-state index contributed by atoms with van der Waals surface area (Å²) in [5.41, 5.74) is 6.73. The fourth-order valence-corrected chi connectivity index (χ4v) is 1.66. The molecule has 12 heavy (non-hydrogen) atoms. The molecule has 1 aliphatic rings. The lowest BCUT2D eigenvalue weighted by Crippen LogP contribution is -2.17. The predicted molar refractivity (Wildman–Crippen MR) is 44.4 cm³/mol. The van der Waals surface area contributed by atoms with Crippen LogP contribution in [0.25, 0.3) is 0 Å². The number of hydrogen-bond acceptors (Lipinski definition) is 3. The minimum absolute atomic E-state index is 0.161. The van der Waals surface area contributed by atoms with Gasteiger partial charge in [0.1, 0.15) is 0 Å². The lowest BCUT2D eigenvalue weighted by atomic mass is 9.98. The van der Waals surface area contributed by atoms with Crippen molar-refractivity contribution in [3.8, 4) is 0 Å². The first-order valence-corrected chi connectivity index (χ1v) is 4.22. The van der Waals surface area contributed by atoms with E-state index >= 15 is 0 Å². The average molecular weight is 167 g/mol. The zero-order chi connectivity index (χ0) is 8.39. The lowest BCUT2D eigenvalue weighted by Gasteiger charge is -2.14. The average Bonchev–Trinajstić information content (AvgIpc) is 2.74. The second-order valence-electron chi connectivity index (χ2n) is 3.11. The van der Waals surface area contributed by atoms with Gasteiger partial charge in [-0.1, -0.05) is 0 Å². The molecule has 0 aromatic carbocycles. The number of nitrogens with two attached hydrogens (primary N) is 1. The molecule has 1 aromatic heterocycles. The molecule has 0 radical (unpaired) electrons. The van der Waals surface area contributed by atoms with Crippen LogP contribution in [0.2, 0.25) is 0 Å². The Labute approximate surface area is 71.1 Å². The van der Waals surface area contributed by atoms with Crippen LogP contribution in [0, 0.1) is 5.92 Å². The van der Waals surface area contributed by atoms with Crippen molar-refractivity contribution in [3.05, 3.63) is 18.0 Å². The van der Waals surface area contributed by atoms with Gasteiger partial charge in [-0.25, -0.2) is 0 Å². The van der Waals surface area contributed by atoms with Gasteiger partial charge in [0.05, 0.1) is 12.3 Å². The Hall–Kier alpha value is -0.870. The molecule has 1 saturated heterocycles. The van der Waals surface area contributed by atoms with Crippen LogP contribution in [0.5, 0.6) is 0 Å². The smallest absolute Gasteiger partial charge is 0.0896 e. The van der Waals surface area contributed by atoms with Crippen molar-refractivity contribution in [1.82, 2.24) is 10.2 Å². The number of hydrogen-bond donors (Lipinski definition) is 2. The summed E-state index contributed by atoms with van der Waals surface area (Å²) in [7, 11) is 0. The summed E-state index contributed by atoms with van der Waals surface area (Å²) in [6.07, 6.45) is 4.90. The predicted octanol–water partition coefficient (Wildman–Crippen LogP) is 0.446. The van der Waals surface area contributed by atoms with E-state index in [1.165, 1.54) is 0 Å². The maximum atomic E-state index is 5.62. The maximum absolute atomic E-state index is 5.62. The maximum Gasteiger partial charge on any atom is 0.0896 e. The van der Waals surface area contributed by atoms with Gasteiger partial charge in [-0.3, -0.25) is 5.10 Å². The molecule has 2 heterocycles. The SMILES string of the molecule is NCC1CCOC1c1cn[nH]c1. The Kier molecular flexibility index (Phi) is 2.10. The van der Waals surface area contributed by atoms with Gasteiger partial charge in [0, 0.05) is 24.3 Å². The zero-order valence-electron chi connectivity index (χ0n) is 6.86. The second-order valence-corrected chi connectivity index (χ2v) is 3.11. The molecule has 1 aromatic rings. The molecule has 1 aliphatic heterocycles. The summed E-state index contributed by atoms with van der Waals surface area (Å²) in [6, 6.07) is 0. The van der Waals surface area contributed by atoms with Crippen LogP contribution >= 0.6 is 0 Å². The molecule has 0 amide bonds. The van der Waals surface area contributed by atoms with Crippen LogP contribution in [0.3, 0.4) is 0 Å². The Morgan fingerprint density at radius 2 is 2.67 bits per heavy atom. The molecule has 0 saturated carbocycles. The molecule has 3 N–H and O–H groups in total.